The lowest BCUT2D eigenvalue weighted by molar-refractivity contribution is -0.381. The van der Waals surface area contributed by atoms with Gasteiger partial charge in [-0.25, -0.2) is 4.79 Å². The van der Waals surface area contributed by atoms with Crippen molar-refractivity contribution in [2.75, 3.05) is 13.2 Å². The summed E-state index contributed by atoms with van der Waals surface area (Å²) >= 11 is 0. The molecule has 11 N–H and O–H groups in total. The molecule has 0 aromatic carbocycles. The third kappa shape index (κ3) is 5.59. The fourth-order valence-electron chi connectivity index (χ4n) is 4.02. The first-order valence-corrected chi connectivity index (χ1v) is 10.6. The molecule has 0 saturated carbocycles. The Bertz CT molecular complexity index is 711. The minimum Gasteiger partial charge on any atom is -0.479 e. The van der Waals surface area contributed by atoms with Gasteiger partial charge in [0.05, 0.1) is 13.2 Å². The number of hydrogen-bond donors (Lipinski definition) is 11. The molecule has 0 amide bonds. The van der Waals surface area contributed by atoms with Crippen LogP contribution in [0.2, 0.25) is 0 Å². The maximum Gasteiger partial charge on any atom is 0.335 e. The van der Waals surface area contributed by atoms with Crippen molar-refractivity contribution in [1.29, 1.82) is 0 Å². The molecule has 17 nitrogen and oxygen atoms in total. The summed E-state index contributed by atoms with van der Waals surface area (Å²) in [7, 11) is 0. The highest BCUT2D eigenvalue weighted by Crippen LogP contribution is 2.32. The molecule has 3 fully saturated rings. The molecule has 3 aliphatic rings. The van der Waals surface area contributed by atoms with E-state index in [0.717, 1.165) is 0 Å². The first-order valence-electron chi connectivity index (χ1n) is 10.6. The first-order chi connectivity index (χ1) is 16.4. The molecule has 0 radical (unpaired) electrons. The van der Waals surface area contributed by atoms with Gasteiger partial charge in [-0.1, -0.05) is 0 Å². The summed E-state index contributed by atoms with van der Waals surface area (Å²) in [6, 6.07) is 0. The van der Waals surface area contributed by atoms with Crippen LogP contribution in [0, 0.1) is 0 Å². The molecular formula is C18H30O17. The monoisotopic (exact) mass is 518 g/mol. The van der Waals surface area contributed by atoms with Crippen LogP contribution in [-0.2, 0) is 28.5 Å². The molecule has 204 valence electrons. The topological polar surface area (TPSA) is 286 Å². The van der Waals surface area contributed by atoms with E-state index >= 15 is 0 Å². The lowest BCUT2D eigenvalue weighted by Gasteiger charge is -2.47. The van der Waals surface area contributed by atoms with Crippen LogP contribution < -0.4 is 0 Å². The van der Waals surface area contributed by atoms with Gasteiger partial charge in [-0.05, 0) is 0 Å². The number of carbonyl (C=O) groups is 1. The van der Waals surface area contributed by atoms with Crippen LogP contribution in [0.4, 0.5) is 0 Å². The quantitative estimate of drug-likeness (QED) is 0.149. The van der Waals surface area contributed by atoms with Crippen molar-refractivity contribution in [3.63, 3.8) is 0 Å². The number of rotatable bonds is 7. The molecule has 0 aromatic rings. The largest absolute Gasteiger partial charge is 0.479 e. The van der Waals surface area contributed by atoms with Crippen molar-refractivity contribution in [1.82, 2.24) is 0 Å². The Balaban J connectivity index is 1.78. The standard InChI is InChI=1S/C18H30O17/c19-1-3-5(21)8(24)14(16(30)31-3)35-18-11(27)12(6(22)4(2-20)32-18)33-17-10(26)7(23)9(25)13(34-17)15(28)29/h3-14,16-27,30H,1-2H2,(H,28,29). The highest BCUT2D eigenvalue weighted by atomic mass is 16.8. The van der Waals surface area contributed by atoms with Crippen LogP contribution in [0.15, 0.2) is 0 Å². The number of aliphatic carboxylic acids is 1. The van der Waals surface area contributed by atoms with E-state index in [1.54, 1.807) is 0 Å². The zero-order valence-corrected chi connectivity index (χ0v) is 17.9. The fourth-order valence-corrected chi connectivity index (χ4v) is 4.02. The molecule has 0 aliphatic carbocycles. The van der Waals surface area contributed by atoms with Gasteiger partial charge in [0.1, 0.15) is 67.1 Å². The Morgan fingerprint density at radius 2 is 1.14 bits per heavy atom. The molecule has 3 rings (SSSR count). The number of carboxylic acids is 1. The fraction of sp³-hybridized carbons (Fsp3) is 0.944. The SMILES string of the molecule is O=C(O)C1OC(OC2C(O)C(CO)OC(OC3C(O)OC(CO)C(O)C3O)C2O)C(O)C(O)C1O. The molecule has 3 aliphatic heterocycles. The normalized spacial score (nSPS) is 51.2. The summed E-state index contributed by atoms with van der Waals surface area (Å²) in [6.45, 7) is -1.62. The van der Waals surface area contributed by atoms with E-state index in [-0.39, 0.29) is 0 Å². The molecule has 3 heterocycles. The van der Waals surface area contributed by atoms with Gasteiger partial charge in [0, 0.05) is 0 Å². The van der Waals surface area contributed by atoms with Gasteiger partial charge in [0.25, 0.3) is 0 Å². The maximum atomic E-state index is 11.3. The highest BCUT2D eigenvalue weighted by Gasteiger charge is 2.54. The summed E-state index contributed by atoms with van der Waals surface area (Å²) in [5.74, 6) is -1.71. The molecular weight excluding hydrogens is 488 g/mol. The van der Waals surface area contributed by atoms with Gasteiger partial charge in [0.2, 0.25) is 0 Å². The lowest BCUT2D eigenvalue weighted by atomic mass is 9.96. The van der Waals surface area contributed by atoms with Crippen molar-refractivity contribution in [2.45, 2.75) is 92.1 Å². The third-order valence-corrected chi connectivity index (χ3v) is 6.06. The molecule has 35 heavy (non-hydrogen) atoms. The van der Waals surface area contributed by atoms with Crippen molar-refractivity contribution in [2.24, 2.45) is 0 Å². The Hall–Kier alpha value is -1.13. The van der Waals surface area contributed by atoms with Crippen LogP contribution >= 0.6 is 0 Å². The number of ether oxygens (including phenoxy) is 5. The minimum absolute atomic E-state index is 0.749. The Labute approximate surface area is 196 Å². The lowest BCUT2D eigenvalue weighted by Crippen LogP contribution is -2.66. The number of hydrogen-bond acceptors (Lipinski definition) is 16. The maximum absolute atomic E-state index is 11.3. The van der Waals surface area contributed by atoms with E-state index in [9.17, 15) is 50.8 Å². The Morgan fingerprint density at radius 1 is 0.600 bits per heavy atom. The van der Waals surface area contributed by atoms with Crippen molar-refractivity contribution in [3.05, 3.63) is 0 Å². The van der Waals surface area contributed by atoms with E-state index in [4.69, 9.17) is 33.9 Å². The second-order valence-electron chi connectivity index (χ2n) is 8.37. The van der Waals surface area contributed by atoms with E-state index in [0.29, 0.717) is 0 Å². The van der Waals surface area contributed by atoms with Crippen molar-refractivity contribution in [3.8, 4) is 0 Å². The highest BCUT2D eigenvalue weighted by molar-refractivity contribution is 5.73. The number of aliphatic hydroxyl groups is 10. The third-order valence-electron chi connectivity index (χ3n) is 6.06. The van der Waals surface area contributed by atoms with Crippen LogP contribution in [0.25, 0.3) is 0 Å². The summed E-state index contributed by atoms with van der Waals surface area (Å²) in [5, 5.41) is 109. The van der Waals surface area contributed by atoms with E-state index in [1.165, 1.54) is 0 Å². The zero-order chi connectivity index (χ0) is 26.2. The second kappa shape index (κ2) is 11.5. The van der Waals surface area contributed by atoms with Gasteiger partial charge in [0.15, 0.2) is 25.0 Å². The molecule has 15 atom stereocenters. The molecule has 15 unspecified atom stereocenters. The predicted molar refractivity (Wildman–Crippen MR) is 102 cm³/mol. The van der Waals surface area contributed by atoms with Gasteiger partial charge in [-0.15, -0.1) is 0 Å². The van der Waals surface area contributed by atoms with Crippen molar-refractivity contribution < 1.29 is 84.7 Å². The van der Waals surface area contributed by atoms with Crippen LogP contribution in [0.3, 0.4) is 0 Å². The Kier molecular flexibility index (Phi) is 9.35. The minimum atomic E-state index is -2.05. The average Bonchev–Trinajstić information content (AvgIpc) is 2.82. The summed E-state index contributed by atoms with van der Waals surface area (Å²) in [6.07, 6.45) is -27.8. The first kappa shape index (κ1) is 28.4. The van der Waals surface area contributed by atoms with Crippen LogP contribution in [0.1, 0.15) is 0 Å². The van der Waals surface area contributed by atoms with E-state index < -0.39 is 111 Å². The molecule has 17 heteroatoms. The van der Waals surface area contributed by atoms with Crippen LogP contribution in [0.5, 0.6) is 0 Å². The smallest absolute Gasteiger partial charge is 0.335 e. The average molecular weight is 518 g/mol. The van der Waals surface area contributed by atoms with Crippen LogP contribution in [-0.4, -0.2) is 167 Å². The van der Waals surface area contributed by atoms with E-state index in [1.807, 2.05) is 0 Å². The molecule has 0 spiro atoms. The predicted octanol–water partition coefficient (Wildman–Crippen LogP) is -7.48. The Morgan fingerprint density at radius 3 is 1.71 bits per heavy atom. The van der Waals surface area contributed by atoms with Gasteiger partial charge in [-0.2, -0.15) is 0 Å². The van der Waals surface area contributed by atoms with Gasteiger partial charge < -0.3 is 79.9 Å². The number of aliphatic hydroxyl groups excluding tert-OH is 10. The van der Waals surface area contributed by atoms with Gasteiger partial charge in [-0.3, -0.25) is 0 Å². The molecule has 0 bridgehead atoms. The second-order valence-corrected chi connectivity index (χ2v) is 8.37. The number of carboxylic acid groups (broad SMARTS) is 1. The zero-order valence-electron chi connectivity index (χ0n) is 17.9. The molecule has 0 aromatic heterocycles. The van der Waals surface area contributed by atoms with Crippen molar-refractivity contribution >= 4 is 5.97 Å². The van der Waals surface area contributed by atoms with Gasteiger partial charge >= 0.3 is 5.97 Å². The summed E-state index contributed by atoms with van der Waals surface area (Å²) in [4.78, 5) is 11.3. The summed E-state index contributed by atoms with van der Waals surface area (Å²) in [5.41, 5.74) is 0. The molecule has 3 saturated heterocycles. The summed E-state index contributed by atoms with van der Waals surface area (Å²) < 4.78 is 25.8. The van der Waals surface area contributed by atoms with E-state index in [2.05, 4.69) is 0 Å².